The Hall–Kier alpha value is -0.470. The minimum atomic E-state index is 0.346. The number of nitrogens with one attached hydrogen (secondary N) is 1. The van der Waals surface area contributed by atoms with Crippen molar-refractivity contribution in [1.29, 1.82) is 0 Å². The van der Waals surface area contributed by atoms with Crippen molar-refractivity contribution < 1.29 is 0 Å². The molecule has 98 valence electrons. The summed E-state index contributed by atoms with van der Waals surface area (Å²) in [6.45, 7) is 4.76. The highest BCUT2D eigenvalue weighted by Crippen LogP contribution is 2.41. The van der Waals surface area contributed by atoms with Gasteiger partial charge in [-0.15, -0.1) is 0 Å². The summed E-state index contributed by atoms with van der Waals surface area (Å²) in [7, 11) is 0. The lowest BCUT2D eigenvalue weighted by Gasteiger charge is -2.38. The van der Waals surface area contributed by atoms with Crippen LogP contribution < -0.4 is 5.32 Å². The Morgan fingerprint density at radius 2 is 2.06 bits per heavy atom. The van der Waals surface area contributed by atoms with Crippen LogP contribution in [0.3, 0.4) is 0 Å². The van der Waals surface area contributed by atoms with Gasteiger partial charge in [0, 0.05) is 17.8 Å². The van der Waals surface area contributed by atoms with Gasteiger partial charge in [-0.3, -0.25) is 0 Å². The largest absolute Gasteiger partial charge is 0.306 e. The molecule has 1 saturated heterocycles. The van der Waals surface area contributed by atoms with Crippen LogP contribution in [0.25, 0.3) is 0 Å². The van der Waals surface area contributed by atoms with E-state index in [0.717, 1.165) is 6.04 Å². The van der Waals surface area contributed by atoms with Gasteiger partial charge in [-0.2, -0.15) is 11.8 Å². The Morgan fingerprint density at radius 3 is 2.83 bits per heavy atom. The average Bonchev–Trinajstić information content (AvgIpc) is 2.86. The molecule has 2 unspecified atom stereocenters. The van der Waals surface area contributed by atoms with E-state index in [4.69, 9.17) is 0 Å². The average molecular weight is 261 g/mol. The predicted molar refractivity (Wildman–Crippen MR) is 80.3 cm³/mol. The van der Waals surface area contributed by atoms with Gasteiger partial charge in [0.25, 0.3) is 0 Å². The van der Waals surface area contributed by atoms with Crippen molar-refractivity contribution in [2.45, 2.75) is 50.6 Å². The lowest BCUT2D eigenvalue weighted by molar-refractivity contribution is 0.339. The first-order chi connectivity index (χ1) is 8.67. The van der Waals surface area contributed by atoms with Crippen molar-refractivity contribution in [2.24, 2.45) is 0 Å². The molecule has 1 nitrogen and oxygen atoms in total. The molecule has 2 atom stereocenters. The highest BCUT2D eigenvalue weighted by Gasteiger charge is 2.33. The third-order valence-electron chi connectivity index (χ3n) is 4.49. The van der Waals surface area contributed by atoms with Crippen molar-refractivity contribution in [3.8, 4) is 0 Å². The summed E-state index contributed by atoms with van der Waals surface area (Å²) in [6, 6.07) is 10.3. The fourth-order valence-corrected chi connectivity index (χ4v) is 4.50. The summed E-state index contributed by atoms with van der Waals surface area (Å²) in [6.07, 6.45) is 3.92. The van der Waals surface area contributed by atoms with Crippen LogP contribution in [0.4, 0.5) is 0 Å². The third kappa shape index (κ3) is 2.33. The van der Waals surface area contributed by atoms with E-state index in [-0.39, 0.29) is 0 Å². The van der Waals surface area contributed by atoms with Crippen molar-refractivity contribution >= 4 is 11.8 Å². The molecule has 0 spiro atoms. The zero-order chi connectivity index (χ0) is 12.6. The zero-order valence-electron chi connectivity index (χ0n) is 11.4. The van der Waals surface area contributed by atoms with E-state index in [9.17, 15) is 0 Å². The number of rotatable bonds is 2. The van der Waals surface area contributed by atoms with Crippen LogP contribution in [-0.4, -0.2) is 17.5 Å². The van der Waals surface area contributed by atoms with Crippen LogP contribution in [0.1, 0.15) is 50.3 Å². The van der Waals surface area contributed by atoms with E-state index < -0.39 is 0 Å². The first-order valence-corrected chi connectivity index (χ1v) is 8.25. The summed E-state index contributed by atoms with van der Waals surface area (Å²) in [5, 5.41) is 3.89. The maximum atomic E-state index is 3.89. The maximum absolute atomic E-state index is 3.89. The normalized spacial score (nSPS) is 30.1. The summed E-state index contributed by atoms with van der Waals surface area (Å²) < 4.78 is 0. The smallest absolute Gasteiger partial charge is 0.0326 e. The zero-order valence-corrected chi connectivity index (χ0v) is 12.2. The molecular formula is C16H23NS. The van der Waals surface area contributed by atoms with E-state index in [1.165, 1.54) is 30.8 Å². The van der Waals surface area contributed by atoms with Crippen molar-refractivity contribution in [1.82, 2.24) is 5.32 Å². The van der Waals surface area contributed by atoms with E-state index in [0.29, 0.717) is 11.5 Å². The van der Waals surface area contributed by atoms with Crippen LogP contribution in [0, 0.1) is 0 Å². The topological polar surface area (TPSA) is 12.0 Å². The Morgan fingerprint density at radius 1 is 1.22 bits per heavy atom. The number of hydrogen-bond donors (Lipinski definition) is 1. The Labute approximate surface area is 115 Å². The fourth-order valence-electron chi connectivity index (χ4n) is 3.34. The molecule has 1 aliphatic heterocycles. The summed E-state index contributed by atoms with van der Waals surface area (Å²) in [4.78, 5) is 0. The third-order valence-corrected chi connectivity index (χ3v) is 5.65. The fraction of sp³-hybridized carbons (Fsp3) is 0.625. The van der Waals surface area contributed by atoms with E-state index in [1.54, 1.807) is 11.1 Å². The highest BCUT2D eigenvalue weighted by molar-refractivity contribution is 7.99. The molecule has 0 aromatic heterocycles. The van der Waals surface area contributed by atoms with E-state index in [2.05, 4.69) is 55.2 Å². The summed E-state index contributed by atoms with van der Waals surface area (Å²) in [5.41, 5.74) is 3.45. The molecule has 1 N–H and O–H groups in total. The monoisotopic (exact) mass is 261 g/mol. The molecule has 2 aliphatic rings. The van der Waals surface area contributed by atoms with Crippen molar-refractivity contribution in [2.75, 3.05) is 11.5 Å². The molecule has 3 rings (SSSR count). The molecule has 0 radical (unpaired) electrons. The molecular weight excluding hydrogens is 238 g/mol. The molecule has 1 aromatic carbocycles. The lowest BCUT2D eigenvalue weighted by atomic mass is 9.71. The summed E-state index contributed by atoms with van der Waals surface area (Å²) >= 11 is 2.09. The number of thioether (sulfide) groups is 1. The molecule has 1 aliphatic carbocycles. The predicted octanol–water partition coefficient (Wildman–Crippen LogP) is 3.89. The van der Waals surface area contributed by atoms with Gasteiger partial charge >= 0.3 is 0 Å². The lowest BCUT2D eigenvalue weighted by Crippen LogP contribution is -2.38. The minimum Gasteiger partial charge on any atom is -0.306 e. The maximum Gasteiger partial charge on any atom is 0.0326 e. The molecule has 1 aromatic rings. The second-order valence-corrected chi connectivity index (χ2v) is 7.44. The van der Waals surface area contributed by atoms with Gasteiger partial charge in [-0.1, -0.05) is 38.1 Å². The Bertz CT molecular complexity index is 421. The van der Waals surface area contributed by atoms with Crippen LogP contribution in [0.15, 0.2) is 24.3 Å². The van der Waals surface area contributed by atoms with Gasteiger partial charge in [-0.25, -0.2) is 0 Å². The van der Waals surface area contributed by atoms with Crippen LogP contribution >= 0.6 is 11.8 Å². The van der Waals surface area contributed by atoms with Gasteiger partial charge in [0.1, 0.15) is 0 Å². The van der Waals surface area contributed by atoms with Gasteiger partial charge in [-0.05, 0) is 41.6 Å². The van der Waals surface area contributed by atoms with Crippen LogP contribution in [0.5, 0.6) is 0 Å². The second-order valence-electron chi connectivity index (χ2n) is 6.29. The number of hydrogen-bond acceptors (Lipinski definition) is 2. The second kappa shape index (κ2) is 4.90. The van der Waals surface area contributed by atoms with Gasteiger partial charge in [0.05, 0.1) is 0 Å². The van der Waals surface area contributed by atoms with Crippen molar-refractivity contribution in [3.05, 3.63) is 35.4 Å². The first-order valence-electron chi connectivity index (χ1n) is 7.10. The Kier molecular flexibility index (Phi) is 3.42. The van der Waals surface area contributed by atoms with E-state index in [1.807, 2.05) is 0 Å². The van der Waals surface area contributed by atoms with Crippen molar-refractivity contribution in [3.63, 3.8) is 0 Å². The molecule has 1 fully saturated rings. The quantitative estimate of drug-likeness (QED) is 0.866. The molecule has 0 amide bonds. The summed E-state index contributed by atoms with van der Waals surface area (Å²) in [5.74, 6) is 2.62. The van der Waals surface area contributed by atoms with Gasteiger partial charge in [0.15, 0.2) is 0 Å². The van der Waals surface area contributed by atoms with Gasteiger partial charge in [0.2, 0.25) is 0 Å². The van der Waals surface area contributed by atoms with Gasteiger partial charge < -0.3 is 5.32 Å². The number of benzene rings is 1. The Balaban J connectivity index is 1.84. The van der Waals surface area contributed by atoms with E-state index >= 15 is 0 Å². The standard InChI is InChI=1S/C16H23NS/c1-16(2)9-7-15(17-12-8-10-18-11-12)13-5-3-4-6-14(13)16/h3-6,12,15,17H,7-11H2,1-2H3. The van der Waals surface area contributed by atoms with Crippen LogP contribution in [0.2, 0.25) is 0 Å². The molecule has 2 heteroatoms. The molecule has 0 saturated carbocycles. The first kappa shape index (κ1) is 12.6. The molecule has 18 heavy (non-hydrogen) atoms. The number of fused-ring (bicyclic) bond motifs is 1. The van der Waals surface area contributed by atoms with Crippen LogP contribution in [-0.2, 0) is 5.41 Å². The molecule has 0 bridgehead atoms. The molecule has 1 heterocycles. The highest BCUT2D eigenvalue weighted by atomic mass is 32.2. The SMILES string of the molecule is CC1(C)CCC(NC2CCSC2)c2ccccc21. The minimum absolute atomic E-state index is 0.346.